The van der Waals surface area contributed by atoms with E-state index in [1.54, 1.807) is 6.07 Å². The minimum atomic E-state index is -0.364. The Hall–Kier alpha value is -2.51. The second-order valence-electron chi connectivity index (χ2n) is 2.74. The Morgan fingerprint density at radius 2 is 2.33 bits per heavy atom. The highest BCUT2D eigenvalue weighted by atomic mass is 16.3. The van der Waals surface area contributed by atoms with Gasteiger partial charge in [0.25, 0.3) is 0 Å². The SMILES string of the molecule is CC(=O)c1cc(C#N)c(N=[N+]=[N-])cc1O. The summed E-state index contributed by atoms with van der Waals surface area (Å²) in [5.41, 5.74) is 8.29. The largest absolute Gasteiger partial charge is 0.507 e. The van der Waals surface area contributed by atoms with Crippen LogP contribution in [0.4, 0.5) is 5.69 Å². The minimum Gasteiger partial charge on any atom is -0.507 e. The number of phenolic OH excluding ortho intramolecular Hbond substituents is 1. The summed E-state index contributed by atoms with van der Waals surface area (Å²) in [5.74, 6) is -0.666. The van der Waals surface area contributed by atoms with E-state index in [0.29, 0.717) is 0 Å². The summed E-state index contributed by atoms with van der Waals surface area (Å²) in [6, 6.07) is 4.06. The molecule has 74 valence electrons. The fourth-order valence-electron chi connectivity index (χ4n) is 1.08. The van der Waals surface area contributed by atoms with Crippen molar-refractivity contribution in [2.75, 3.05) is 0 Å². The fourth-order valence-corrected chi connectivity index (χ4v) is 1.08. The zero-order valence-electron chi connectivity index (χ0n) is 7.80. The third-order valence-corrected chi connectivity index (χ3v) is 1.77. The Morgan fingerprint density at radius 1 is 1.67 bits per heavy atom. The number of nitrogens with zero attached hydrogens (tertiary/aromatic N) is 4. The zero-order valence-corrected chi connectivity index (χ0v) is 7.80. The standard InChI is InChI=1S/C9H6N4O2/c1-5(14)7-2-6(4-10)8(12-13-11)3-9(7)15/h2-3,15H,1H3. The maximum atomic E-state index is 11.0. The van der Waals surface area contributed by atoms with E-state index in [9.17, 15) is 9.90 Å². The highest BCUT2D eigenvalue weighted by Crippen LogP contribution is 2.28. The van der Waals surface area contributed by atoms with Crippen molar-refractivity contribution >= 4 is 11.5 Å². The summed E-state index contributed by atoms with van der Waals surface area (Å²) >= 11 is 0. The number of ketones is 1. The molecule has 0 aliphatic carbocycles. The summed E-state index contributed by atoms with van der Waals surface area (Å²) in [6.07, 6.45) is 0. The first-order chi connectivity index (χ1) is 7.10. The Kier molecular flexibility index (Phi) is 2.91. The average Bonchev–Trinajstić information content (AvgIpc) is 2.18. The van der Waals surface area contributed by atoms with Crippen molar-refractivity contribution in [3.8, 4) is 11.8 Å². The lowest BCUT2D eigenvalue weighted by molar-refractivity contribution is 0.101. The molecule has 0 fully saturated rings. The van der Waals surface area contributed by atoms with Crippen LogP contribution in [-0.2, 0) is 0 Å². The molecule has 0 radical (unpaired) electrons. The first-order valence-electron chi connectivity index (χ1n) is 3.93. The molecule has 1 N–H and O–H groups in total. The van der Waals surface area contributed by atoms with Crippen molar-refractivity contribution in [1.82, 2.24) is 0 Å². The van der Waals surface area contributed by atoms with Gasteiger partial charge in [-0.3, -0.25) is 4.79 Å². The second-order valence-corrected chi connectivity index (χ2v) is 2.74. The normalized spacial score (nSPS) is 8.80. The molecule has 6 heteroatoms. The summed E-state index contributed by atoms with van der Waals surface area (Å²) in [7, 11) is 0. The van der Waals surface area contributed by atoms with Crippen LogP contribution >= 0.6 is 0 Å². The molecule has 15 heavy (non-hydrogen) atoms. The molecule has 0 unspecified atom stereocenters. The predicted octanol–water partition coefficient (Wildman–Crippen LogP) is 2.41. The number of Topliss-reactive ketones (excluding diaryl/α,β-unsaturated/α-hetero) is 1. The molecule has 0 heterocycles. The van der Waals surface area contributed by atoms with Gasteiger partial charge in [-0.25, -0.2) is 0 Å². The molecule has 0 bridgehead atoms. The van der Waals surface area contributed by atoms with Crippen LogP contribution < -0.4 is 0 Å². The monoisotopic (exact) mass is 202 g/mol. The first-order valence-corrected chi connectivity index (χ1v) is 3.93. The van der Waals surface area contributed by atoms with Gasteiger partial charge in [-0.05, 0) is 24.6 Å². The van der Waals surface area contributed by atoms with Gasteiger partial charge in [0.05, 0.1) is 22.9 Å². The van der Waals surface area contributed by atoms with Crippen LogP contribution in [0.3, 0.4) is 0 Å². The van der Waals surface area contributed by atoms with E-state index in [-0.39, 0.29) is 28.3 Å². The van der Waals surface area contributed by atoms with Crippen molar-refractivity contribution in [2.24, 2.45) is 5.11 Å². The van der Waals surface area contributed by atoms with Crippen LogP contribution in [0.15, 0.2) is 17.2 Å². The Labute approximate surface area is 85.0 Å². The molecule has 0 atom stereocenters. The summed E-state index contributed by atoms with van der Waals surface area (Å²) in [5, 5.41) is 21.3. The number of nitriles is 1. The lowest BCUT2D eigenvalue weighted by Crippen LogP contribution is -1.93. The van der Waals surface area contributed by atoms with Crippen LogP contribution in [0, 0.1) is 11.3 Å². The number of hydrogen-bond acceptors (Lipinski definition) is 4. The molecule has 0 amide bonds. The van der Waals surface area contributed by atoms with Crippen LogP contribution in [0.2, 0.25) is 0 Å². The lowest BCUT2D eigenvalue weighted by Gasteiger charge is -2.03. The second kappa shape index (κ2) is 4.13. The van der Waals surface area contributed by atoms with Crippen molar-refractivity contribution in [3.63, 3.8) is 0 Å². The van der Waals surface area contributed by atoms with Gasteiger partial charge in [0.15, 0.2) is 5.78 Å². The maximum Gasteiger partial charge on any atom is 0.163 e. The van der Waals surface area contributed by atoms with Crippen molar-refractivity contribution in [1.29, 1.82) is 5.26 Å². The van der Waals surface area contributed by atoms with Crippen LogP contribution in [0.25, 0.3) is 10.4 Å². The number of phenols is 1. The van der Waals surface area contributed by atoms with Crippen LogP contribution in [0.1, 0.15) is 22.8 Å². The number of rotatable bonds is 2. The predicted molar refractivity (Wildman–Crippen MR) is 51.6 cm³/mol. The first kappa shape index (κ1) is 10.6. The van der Waals surface area contributed by atoms with Gasteiger partial charge < -0.3 is 5.11 Å². The zero-order chi connectivity index (χ0) is 11.4. The fraction of sp³-hybridized carbons (Fsp3) is 0.111. The number of azide groups is 1. The van der Waals surface area contributed by atoms with E-state index in [1.165, 1.54) is 13.0 Å². The molecule has 1 rings (SSSR count). The Morgan fingerprint density at radius 3 is 2.80 bits per heavy atom. The van der Waals surface area contributed by atoms with E-state index in [1.807, 2.05) is 0 Å². The molecular formula is C9H6N4O2. The lowest BCUT2D eigenvalue weighted by atomic mass is 10.1. The quantitative estimate of drug-likeness (QED) is 0.344. The summed E-state index contributed by atoms with van der Waals surface area (Å²) in [4.78, 5) is 13.5. The van der Waals surface area contributed by atoms with E-state index in [2.05, 4.69) is 10.0 Å². The average molecular weight is 202 g/mol. The van der Waals surface area contributed by atoms with E-state index >= 15 is 0 Å². The molecule has 0 aliphatic rings. The topological polar surface area (TPSA) is 110 Å². The van der Waals surface area contributed by atoms with Gasteiger partial charge in [0.2, 0.25) is 0 Å². The van der Waals surface area contributed by atoms with Gasteiger partial charge in [-0.2, -0.15) is 5.26 Å². The number of benzene rings is 1. The number of aromatic hydroxyl groups is 1. The van der Waals surface area contributed by atoms with Gasteiger partial charge in [-0.1, -0.05) is 5.11 Å². The summed E-state index contributed by atoms with van der Waals surface area (Å²) < 4.78 is 0. The maximum absolute atomic E-state index is 11.0. The van der Waals surface area contributed by atoms with Crippen LogP contribution in [0.5, 0.6) is 5.75 Å². The van der Waals surface area contributed by atoms with E-state index in [0.717, 1.165) is 6.07 Å². The third-order valence-electron chi connectivity index (χ3n) is 1.77. The smallest absolute Gasteiger partial charge is 0.163 e. The minimum absolute atomic E-state index is 0.00231. The van der Waals surface area contributed by atoms with E-state index in [4.69, 9.17) is 10.8 Å². The van der Waals surface area contributed by atoms with Crippen molar-refractivity contribution in [3.05, 3.63) is 33.7 Å². The van der Waals surface area contributed by atoms with Gasteiger partial charge in [-0.15, -0.1) is 0 Å². The molecule has 6 nitrogen and oxygen atoms in total. The molecule has 0 saturated heterocycles. The number of carbonyl (C=O) groups is 1. The molecule has 0 spiro atoms. The molecule has 0 saturated carbocycles. The molecule has 0 aromatic heterocycles. The number of carbonyl (C=O) groups excluding carboxylic acids is 1. The van der Waals surface area contributed by atoms with Gasteiger partial charge in [0, 0.05) is 4.91 Å². The van der Waals surface area contributed by atoms with Crippen molar-refractivity contribution in [2.45, 2.75) is 6.92 Å². The van der Waals surface area contributed by atoms with E-state index < -0.39 is 0 Å². The number of hydrogen-bond donors (Lipinski definition) is 1. The third kappa shape index (κ3) is 2.05. The Bertz CT molecular complexity index is 510. The van der Waals surface area contributed by atoms with Crippen LogP contribution in [-0.4, -0.2) is 10.9 Å². The molecule has 0 aliphatic heterocycles. The highest BCUT2D eigenvalue weighted by molar-refractivity contribution is 5.97. The van der Waals surface area contributed by atoms with Gasteiger partial charge in [0.1, 0.15) is 5.75 Å². The summed E-state index contributed by atoms with van der Waals surface area (Å²) in [6.45, 7) is 1.27. The Balaban J connectivity index is 3.50. The highest BCUT2D eigenvalue weighted by Gasteiger charge is 2.11. The van der Waals surface area contributed by atoms with Gasteiger partial charge >= 0.3 is 0 Å². The molecule has 1 aromatic rings. The van der Waals surface area contributed by atoms with Crippen molar-refractivity contribution < 1.29 is 9.90 Å². The molecule has 1 aromatic carbocycles. The molecular weight excluding hydrogens is 196 g/mol.